The molecule has 1 aromatic heterocycles. The Morgan fingerprint density at radius 2 is 0.800 bits per heavy atom. The van der Waals surface area contributed by atoms with Gasteiger partial charge in [0.25, 0.3) is 0 Å². The number of hydrogen-bond acceptors (Lipinski definition) is 0. The van der Waals surface area contributed by atoms with Gasteiger partial charge in [0, 0.05) is 0 Å². The fourth-order valence-electron chi connectivity index (χ4n) is 4.30. The Morgan fingerprint density at radius 3 is 1.03 bits per heavy atom. The van der Waals surface area contributed by atoms with Crippen molar-refractivity contribution in [2.24, 2.45) is 0 Å². The molecule has 0 amide bonds. The Kier molecular flexibility index (Phi) is 6.94. The quantitative estimate of drug-likeness (QED) is 0.333. The van der Waals surface area contributed by atoms with Gasteiger partial charge in [0.2, 0.25) is 0 Å². The van der Waals surface area contributed by atoms with Crippen molar-refractivity contribution in [3.63, 3.8) is 0 Å². The van der Waals surface area contributed by atoms with Crippen molar-refractivity contribution in [2.75, 3.05) is 0 Å². The summed E-state index contributed by atoms with van der Waals surface area (Å²) in [6.07, 6.45) is 4.44. The van der Waals surface area contributed by atoms with Gasteiger partial charge in [-0.3, -0.25) is 0 Å². The summed E-state index contributed by atoms with van der Waals surface area (Å²) in [4.78, 5) is 0. The zero-order valence-electron chi connectivity index (χ0n) is 19.7. The topological polar surface area (TPSA) is 9.86 Å². The standard InChI is InChI=1S/C27H36N2Se/c1-17(2)21-11-9-12-22(18(3)4)25(21)28-15-16-29(27(28)30)26-23(19(5)6)13-10-14-24(26)20(7)8/h9-20H,1-8H3. The second kappa shape index (κ2) is 9.12. The van der Waals surface area contributed by atoms with Crippen LogP contribution < -0.4 is 0 Å². The summed E-state index contributed by atoms with van der Waals surface area (Å²) in [5.74, 6) is 1.84. The zero-order chi connectivity index (χ0) is 22.2. The minimum atomic E-state index is 0.461. The molecule has 0 spiro atoms. The molecule has 0 saturated heterocycles. The fraction of sp³-hybridized carbons (Fsp3) is 0.444. The molecule has 3 aromatic rings. The number of para-hydroxylation sites is 2. The van der Waals surface area contributed by atoms with Crippen LogP contribution in [0.5, 0.6) is 0 Å². The predicted molar refractivity (Wildman–Crippen MR) is 130 cm³/mol. The Balaban J connectivity index is 2.33. The average Bonchev–Trinajstić information content (AvgIpc) is 3.07. The van der Waals surface area contributed by atoms with Crippen LogP contribution in [0, 0.1) is 4.32 Å². The van der Waals surface area contributed by atoms with Crippen LogP contribution in [-0.2, 0) is 0 Å². The van der Waals surface area contributed by atoms with E-state index in [0.29, 0.717) is 23.7 Å². The van der Waals surface area contributed by atoms with Crippen LogP contribution in [-0.4, -0.2) is 24.7 Å². The van der Waals surface area contributed by atoms with E-state index in [0.717, 1.165) is 4.32 Å². The molecule has 0 atom stereocenters. The molecule has 3 heteroatoms. The predicted octanol–water partition coefficient (Wildman–Crippen LogP) is 7.46. The van der Waals surface area contributed by atoms with Crippen LogP contribution >= 0.6 is 0 Å². The van der Waals surface area contributed by atoms with Gasteiger partial charge in [-0.1, -0.05) is 0 Å². The average molecular weight is 468 g/mol. The summed E-state index contributed by atoms with van der Waals surface area (Å²) >= 11 is 3.41. The van der Waals surface area contributed by atoms with Crippen molar-refractivity contribution in [3.8, 4) is 11.4 Å². The molecule has 0 radical (unpaired) electrons. The zero-order valence-corrected chi connectivity index (χ0v) is 21.4. The molecule has 1 heterocycles. The third-order valence-electron chi connectivity index (χ3n) is 5.94. The number of hydrogen-bond donors (Lipinski definition) is 0. The molecular formula is C27H36N2Se. The van der Waals surface area contributed by atoms with Crippen molar-refractivity contribution in [1.82, 2.24) is 9.13 Å². The van der Waals surface area contributed by atoms with Crippen molar-refractivity contribution in [1.29, 1.82) is 0 Å². The first-order valence-electron chi connectivity index (χ1n) is 11.2. The third-order valence-corrected chi connectivity index (χ3v) is 6.77. The van der Waals surface area contributed by atoms with Gasteiger partial charge in [0.05, 0.1) is 0 Å². The molecule has 0 aliphatic heterocycles. The van der Waals surface area contributed by atoms with Crippen molar-refractivity contribution < 1.29 is 0 Å². The van der Waals surface area contributed by atoms with E-state index in [1.165, 1.54) is 33.6 Å². The van der Waals surface area contributed by atoms with Crippen molar-refractivity contribution in [2.45, 2.75) is 79.1 Å². The van der Waals surface area contributed by atoms with Gasteiger partial charge in [-0.2, -0.15) is 0 Å². The van der Waals surface area contributed by atoms with E-state index >= 15 is 0 Å². The van der Waals surface area contributed by atoms with Crippen LogP contribution in [0.1, 0.15) is 101 Å². The molecule has 3 rings (SSSR count). The van der Waals surface area contributed by atoms with Gasteiger partial charge in [-0.15, -0.1) is 0 Å². The van der Waals surface area contributed by atoms with E-state index in [9.17, 15) is 0 Å². The summed E-state index contributed by atoms with van der Waals surface area (Å²) in [6, 6.07) is 13.5. The van der Waals surface area contributed by atoms with Crippen molar-refractivity contribution in [3.05, 3.63) is 75.4 Å². The summed E-state index contributed by atoms with van der Waals surface area (Å²) in [6.45, 7) is 18.3. The van der Waals surface area contributed by atoms with Gasteiger partial charge in [0.1, 0.15) is 0 Å². The maximum atomic E-state index is 3.41. The van der Waals surface area contributed by atoms with Gasteiger partial charge in [-0.05, 0) is 0 Å². The second-order valence-corrected chi connectivity index (χ2v) is 10.3. The minimum absolute atomic E-state index is 0.461. The Morgan fingerprint density at radius 1 is 0.533 bits per heavy atom. The number of benzene rings is 2. The first-order valence-corrected chi connectivity index (χ1v) is 12.1. The second-order valence-electron chi connectivity index (χ2n) is 9.51. The van der Waals surface area contributed by atoms with Crippen LogP contribution in [0.2, 0.25) is 0 Å². The molecule has 0 N–H and O–H groups in total. The maximum absolute atomic E-state index is 3.41. The molecular weight excluding hydrogens is 431 g/mol. The van der Waals surface area contributed by atoms with Crippen molar-refractivity contribution >= 4 is 15.6 Å². The fourth-order valence-corrected chi connectivity index (χ4v) is 4.94. The summed E-state index contributed by atoms with van der Waals surface area (Å²) in [5.41, 5.74) is 8.21. The molecule has 2 nitrogen and oxygen atoms in total. The van der Waals surface area contributed by atoms with E-state index in [-0.39, 0.29) is 0 Å². The molecule has 0 fully saturated rings. The third kappa shape index (κ3) is 4.15. The molecule has 2 aromatic carbocycles. The number of aromatic nitrogens is 2. The summed E-state index contributed by atoms with van der Waals surface area (Å²) in [5, 5.41) is 0. The summed E-state index contributed by atoms with van der Waals surface area (Å²) < 4.78 is 5.83. The van der Waals surface area contributed by atoms with E-state index in [4.69, 9.17) is 0 Å². The number of nitrogens with zero attached hydrogens (tertiary/aromatic N) is 2. The van der Waals surface area contributed by atoms with Crippen LogP contribution in [0.4, 0.5) is 0 Å². The van der Waals surface area contributed by atoms with E-state index < -0.39 is 0 Å². The number of rotatable bonds is 6. The van der Waals surface area contributed by atoms with E-state index in [2.05, 4.69) is 129 Å². The normalized spacial score (nSPS) is 12.0. The Labute approximate surface area is 190 Å². The van der Waals surface area contributed by atoms with Crippen LogP contribution in [0.15, 0.2) is 48.8 Å². The molecule has 0 aliphatic carbocycles. The monoisotopic (exact) mass is 468 g/mol. The first-order chi connectivity index (χ1) is 14.1. The first kappa shape index (κ1) is 22.8. The number of imidazole rings is 1. The van der Waals surface area contributed by atoms with Gasteiger partial charge in [-0.25, -0.2) is 0 Å². The molecule has 30 heavy (non-hydrogen) atoms. The molecule has 0 saturated carbocycles. The van der Waals surface area contributed by atoms with Gasteiger partial charge < -0.3 is 0 Å². The van der Waals surface area contributed by atoms with E-state index in [1.54, 1.807) is 0 Å². The molecule has 0 unspecified atom stereocenters. The van der Waals surface area contributed by atoms with Crippen LogP contribution in [0.25, 0.3) is 11.4 Å². The molecule has 160 valence electrons. The van der Waals surface area contributed by atoms with Gasteiger partial charge in [0.15, 0.2) is 0 Å². The Hall–Kier alpha value is -1.83. The van der Waals surface area contributed by atoms with E-state index in [1.807, 2.05) is 0 Å². The molecule has 0 aliphatic rings. The van der Waals surface area contributed by atoms with Crippen LogP contribution in [0.3, 0.4) is 0 Å². The SMILES string of the molecule is CC(C)c1cccc(C(C)C)c1-n1ccn(-c2c(C(C)C)cccc2C(C)C)c1=[Se]. The molecule has 0 bridgehead atoms. The Bertz CT molecular complexity index is 944. The summed E-state index contributed by atoms with van der Waals surface area (Å²) in [7, 11) is 0. The van der Waals surface area contributed by atoms with Gasteiger partial charge >= 0.3 is 191 Å².